The fourth-order valence-corrected chi connectivity index (χ4v) is 9.00. The van der Waals surface area contributed by atoms with E-state index in [0.29, 0.717) is 0 Å². The smallest absolute Gasteiger partial charge is 0.0834 e. The summed E-state index contributed by atoms with van der Waals surface area (Å²) in [6.07, 6.45) is 0. The highest BCUT2D eigenvalue weighted by Gasteiger charge is 2.35. The zero-order chi connectivity index (χ0) is 31.8. The summed E-state index contributed by atoms with van der Waals surface area (Å²) in [6.45, 7) is 2.18. The molecule has 48 heavy (non-hydrogen) atoms. The lowest BCUT2D eigenvalue weighted by Gasteiger charge is -2.20. The molecular weight excluding hydrogens is 599 g/mol. The highest BCUT2D eigenvalue weighted by Crippen LogP contribution is 2.53. The van der Waals surface area contributed by atoms with Gasteiger partial charge in [-0.15, -0.1) is 17.1 Å². The molecule has 1 atom stereocenters. The lowest BCUT2D eigenvalue weighted by Crippen LogP contribution is -2.13. The fourth-order valence-electron chi connectivity index (χ4n) is 7.84. The predicted octanol–water partition coefficient (Wildman–Crippen LogP) is 12.8. The number of allylic oxidation sites excluding steroid dienone is 1. The maximum absolute atomic E-state index is 5.55. The van der Waals surface area contributed by atoms with Crippen molar-refractivity contribution >= 4 is 59.3 Å². The molecule has 7 aromatic carbocycles. The van der Waals surface area contributed by atoms with Gasteiger partial charge in [0.25, 0.3) is 0 Å². The number of thiophene rings is 1. The molecule has 1 nitrogen and oxygen atoms in total. The van der Waals surface area contributed by atoms with Gasteiger partial charge >= 0.3 is 0 Å². The maximum Gasteiger partial charge on any atom is 0.0834 e. The molecule has 10 rings (SSSR count). The minimum Gasteiger partial charge on any atom is -0.247 e. The Morgan fingerprint density at radius 2 is 1.15 bits per heavy atom. The van der Waals surface area contributed by atoms with Crippen molar-refractivity contribution in [3.05, 3.63) is 185 Å². The number of nitrogens with zero attached hydrogens (tertiary/aromatic N) is 1. The SMILES string of the molecule is CC1=C=C(C2c3ccccc3-c3cc4c(cc32)sc2cc3ccccc3cc24)C(c2ccccc2-c2ccccc2)=Nc2ccccc21. The standard InChI is InChI=1S/C46H29NS/c1-28-23-41(46(47-42-22-12-11-17-32(28)42)36-21-10-7-18-33(36)29-13-3-2-4-14-29)45-35-20-9-8-19-34(35)37-26-39-38-24-30-15-5-6-16-31(30)25-43(38)48-44(39)27-40(37)45/h2-22,24-27,45H,1H3. The Bertz CT molecular complexity index is 2720. The van der Waals surface area contributed by atoms with Gasteiger partial charge in [0.2, 0.25) is 0 Å². The molecule has 1 aliphatic carbocycles. The third-order valence-corrected chi connectivity index (χ3v) is 11.2. The van der Waals surface area contributed by atoms with Crippen LogP contribution in [0.1, 0.15) is 35.1 Å². The molecule has 0 N–H and O–H groups in total. The van der Waals surface area contributed by atoms with Crippen LogP contribution in [-0.2, 0) is 0 Å². The Balaban J connectivity index is 1.26. The van der Waals surface area contributed by atoms with Crippen molar-refractivity contribution in [3.8, 4) is 22.3 Å². The van der Waals surface area contributed by atoms with Crippen LogP contribution in [0.25, 0.3) is 58.8 Å². The molecule has 0 bridgehead atoms. The number of hydrogen-bond donors (Lipinski definition) is 0. The van der Waals surface area contributed by atoms with Crippen LogP contribution >= 0.6 is 11.3 Å². The fraction of sp³-hybridized carbons (Fsp3) is 0.0435. The van der Waals surface area contributed by atoms with E-state index in [4.69, 9.17) is 4.99 Å². The van der Waals surface area contributed by atoms with E-state index in [1.165, 1.54) is 64.3 Å². The minimum absolute atomic E-state index is 0.0169. The third kappa shape index (κ3) is 4.14. The van der Waals surface area contributed by atoms with Gasteiger partial charge in [-0.2, -0.15) is 0 Å². The lowest BCUT2D eigenvalue weighted by molar-refractivity contribution is 1.04. The van der Waals surface area contributed by atoms with E-state index in [2.05, 4.69) is 164 Å². The third-order valence-electron chi connectivity index (χ3n) is 10.1. The summed E-state index contributed by atoms with van der Waals surface area (Å²) in [5.74, 6) is -0.0169. The average molecular weight is 628 g/mol. The zero-order valence-corrected chi connectivity index (χ0v) is 27.2. The minimum atomic E-state index is -0.0169. The Hall–Kier alpha value is -5.79. The molecule has 0 radical (unpaired) electrons. The van der Waals surface area contributed by atoms with E-state index in [0.717, 1.165) is 33.7 Å². The lowest BCUT2D eigenvalue weighted by atomic mass is 9.82. The van der Waals surface area contributed by atoms with E-state index < -0.39 is 0 Å². The molecule has 1 aromatic heterocycles. The van der Waals surface area contributed by atoms with Gasteiger partial charge in [-0.25, -0.2) is 4.99 Å². The van der Waals surface area contributed by atoms with Crippen LogP contribution in [0.15, 0.2) is 168 Å². The molecule has 224 valence electrons. The average Bonchev–Trinajstić information content (AvgIpc) is 3.60. The van der Waals surface area contributed by atoms with Crippen LogP contribution in [0.5, 0.6) is 0 Å². The molecule has 0 spiro atoms. The van der Waals surface area contributed by atoms with Gasteiger partial charge in [0.15, 0.2) is 0 Å². The molecular formula is C46H29NS. The number of rotatable bonds is 3. The summed E-state index contributed by atoms with van der Waals surface area (Å²) in [6, 6.07) is 55.2. The van der Waals surface area contributed by atoms with Gasteiger partial charge in [-0.3, -0.25) is 0 Å². The van der Waals surface area contributed by atoms with Crippen molar-refractivity contribution < 1.29 is 0 Å². The number of fused-ring (bicyclic) bond motifs is 8. The quantitative estimate of drug-likeness (QED) is 0.173. The molecule has 1 unspecified atom stereocenters. The summed E-state index contributed by atoms with van der Waals surface area (Å²) in [5, 5.41) is 5.22. The largest absolute Gasteiger partial charge is 0.247 e. The van der Waals surface area contributed by atoms with Gasteiger partial charge in [-0.1, -0.05) is 121 Å². The first kappa shape index (κ1) is 27.3. The Morgan fingerprint density at radius 1 is 0.521 bits per heavy atom. The van der Waals surface area contributed by atoms with Crippen molar-refractivity contribution in [1.29, 1.82) is 0 Å². The van der Waals surface area contributed by atoms with Gasteiger partial charge in [0, 0.05) is 48.4 Å². The molecule has 0 saturated heterocycles. The topological polar surface area (TPSA) is 12.4 Å². The molecule has 2 heterocycles. The van der Waals surface area contributed by atoms with Crippen molar-refractivity contribution in [1.82, 2.24) is 0 Å². The normalized spacial score (nSPS) is 15.0. The Morgan fingerprint density at radius 3 is 1.98 bits per heavy atom. The summed E-state index contributed by atoms with van der Waals surface area (Å²) in [7, 11) is 0. The second-order valence-corrected chi connectivity index (χ2v) is 13.9. The van der Waals surface area contributed by atoms with E-state index >= 15 is 0 Å². The molecule has 0 saturated carbocycles. The van der Waals surface area contributed by atoms with Crippen LogP contribution in [0.4, 0.5) is 5.69 Å². The Kier molecular flexibility index (Phi) is 6.05. The van der Waals surface area contributed by atoms with Crippen molar-refractivity contribution in [2.75, 3.05) is 0 Å². The van der Waals surface area contributed by atoms with Crippen molar-refractivity contribution in [2.45, 2.75) is 12.8 Å². The number of para-hydroxylation sites is 1. The van der Waals surface area contributed by atoms with Gasteiger partial charge in [0.1, 0.15) is 0 Å². The monoisotopic (exact) mass is 627 g/mol. The highest BCUT2D eigenvalue weighted by molar-refractivity contribution is 7.25. The van der Waals surface area contributed by atoms with E-state index in [9.17, 15) is 0 Å². The van der Waals surface area contributed by atoms with Gasteiger partial charge < -0.3 is 0 Å². The molecule has 0 amide bonds. The van der Waals surface area contributed by atoms with Crippen molar-refractivity contribution in [3.63, 3.8) is 0 Å². The first-order valence-electron chi connectivity index (χ1n) is 16.5. The second kappa shape index (κ2) is 10.6. The predicted molar refractivity (Wildman–Crippen MR) is 205 cm³/mol. The molecule has 8 aromatic rings. The van der Waals surface area contributed by atoms with E-state index in [-0.39, 0.29) is 5.92 Å². The number of benzene rings is 7. The molecule has 0 fully saturated rings. The summed E-state index contributed by atoms with van der Waals surface area (Å²) in [4.78, 5) is 5.55. The van der Waals surface area contributed by atoms with Gasteiger partial charge in [-0.05, 0) is 81.4 Å². The number of hydrogen-bond acceptors (Lipinski definition) is 2. The summed E-state index contributed by atoms with van der Waals surface area (Å²) >= 11 is 1.90. The van der Waals surface area contributed by atoms with Crippen LogP contribution < -0.4 is 0 Å². The first-order valence-corrected chi connectivity index (χ1v) is 17.3. The van der Waals surface area contributed by atoms with Crippen molar-refractivity contribution in [2.24, 2.45) is 4.99 Å². The molecule has 2 aliphatic rings. The van der Waals surface area contributed by atoms with Crippen LogP contribution in [0, 0.1) is 0 Å². The van der Waals surface area contributed by atoms with E-state index in [1.54, 1.807) is 0 Å². The Labute approximate surface area is 283 Å². The molecule has 1 aliphatic heterocycles. The summed E-state index contributed by atoms with van der Waals surface area (Å²) < 4.78 is 2.65. The second-order valence-electron chi connectivity index (χ2n) is 12.8. The number of aliphatic imine (C=N–C) groups is 1. The maximum atomic E-state index is 5.55. The van der Waals surface area contributed by atoms with Crippen LogP contribution in [-0.4, -0.2) is 5.71 Å². The first-order chi connectivity index (χ1) is 23.7. The summed E-state index contributed by atoms with van der Waals surface area (Å²) in [5.41, 5.74) is 18.0. The highest BCUT2D eigenvalue weighted by atomic mass is 32.1. The van der Waals surface area contributed by atoms with Crippen LogP contribution in [0.2, 0.25) is 0 Å². The van der Waals surface area contributed by atoms with E-state index in [1.807, 2.05) is 11.3 Å². The zero-order valence-electron chi connectivity index (χ0n) is 26.4. The van der Waals surface area contributed by atoms with Gasteiger partial charge in [0.05, 0.1) is 11.4 Å². The molecule has 2 heteroatoms. The van der Waals surface area contributed by atoms with Crippen LogP contribution in [0.3, 0.4) is 0 Å².